The first-order valence-electron chi connectivity index (χ1n) is 7.96. The van der Waals surface area contributed by atoms with Crippen LogP contribution in [0.25, 0.3) is 0 Å². The van der Waals surface area contributed by atoms with Crippen LogP contribution in [0.5, 0.6) is 0 Å². The molecule has 0 spiro atoms. The van der Waals surface area contributed by atoms with E-state index in [2.05, 4.69) is 32.4 Å². The Labute approximate surface area is 122 Å². The molecule has 4 nitrogen and oxygen atoms in total. The van der Waals surface area contributed by atoms with Crippen molar-refractivity contribution in [1.29, 1.82) is 0 Å². The van der Waals surface area contributed by atoms with Gasteiger partial charge in [-0.1, -0.05) is 13.8 Å². The Balaban J connectivity index is 2.19. The maximum absolute atomic E-state index is 6.11. The molecule has 2 rings (SSSR count). The lowest BCUT2D eigenvalue weighted by molar-refractivity contribution is -0.0233. The van der Waals surface area contributed by atoms with Crippen molar-refractivity contribution in [2.24, 2.45) is 5.73 Å². The smallest absolute Gasteiger partial charge is 0.0779 e. The van der Waals surface area contributed by atoms with Crippen molar-refractivity contribution in [3.8, 4) is 0 Å². The maximum Gasteiger partial charge on any atom is 0.0779 e. The predicted molar refractivity (Wildman–Crippen MR) is 81.9 cm³/mol. The number of nitrogens with zero attached hydrogens (tertiary/aromatic N) is 2. The molecule has 0 bridgehead atoms. The highest BCUT2D eigenvalue weighted by atomic mass is 16.5. The molecule has 0 saturated carbocycles. The third kappa shape index (κ3) is 3.23. The second-order valence-electron chi connectivity index (χ2n) is 6.34. The van der Waals surface area contributed by atoms with E-state index in [1.807, 2.05) is 0 Å². The average Bonchev–Trinajstić information content (AvgIpc) is 2.90. The van der Waals surface area contributed by atoms with Gasteiger partial charge in [-0.05, 0) is 58.1 Å². The monoisotopic (exact) mass is 279 g/mol. The molecule has 1 fully saturated rings. The topological polar surface area (TPSA) is 53.1 Å². The molecule has 0 radical (unpaired) electrons. The Morgan fingerprint density at radius 2 is 2.10 bits per heavy atom. The van der Waals surface area contributed by atoms with Crippen molar-refractivity contribution in [3.63, 3.8) is 0 Å². The summed E-state index contributed by atoms with van der Waals surface area (Å²) in [6.45, 7) is 10.3. The van der Waals surface area contributed by atoms with Crippen LogP contribution in [0.3, 0.4) is 0 Å². The van der Waals surface area contributed by atoms with E-state index in [4.69, 9.17) is 15.6 Å². The zero-order valence-electron chi connectivity index (χ0n) is 13.4. The number of aryl methyl sites for hydroxylation is 1. The van der Waals surface area contributed by atoms with Gasteiger partial charge in [0.1, 0.15) is 0 Å². The zero-order chi connectivity index (χ0) is 14.8. The molecular formula is C16H29N3O. The van der Waals surface area contributed by atoms with Gasteiger partial charge >= 0.3 is 0 Å². The van der Waals surface area contributed by atoms with Crippen LogP contribution in [-0.4, -0.2) is 28.0 Å². The van der Waals surface area contributed by atoms with Gasteiger partial charge in [-0.2, -0.15) is 5.10 Å². The lowest BCUT2D eigenvalue weighted by Crippen LogP contribution is -2.24. The molecule has 1 saturated heterocycles. The lowest BCUT2D eigenvalue weighted by atomic mass is 10.1. The zero-order valence-corrected chi connectivity index (χ0v) is 13.4. The minimum atomic E-state index is 0.0257. The molecule has 1 aromatic heterocycles. The van der Waals surface area contributed by atoms with Crippen LogP contribution in [0.15, 0.2) is 0 Å². The summed E-state index contributed by atoms with van der Waals surface area (Å²) in [6, 6.07) is 0. The first-order chi connectivity index (χ1) is 9.50. The van der Waals surface area contributed by atoms with Gasteiger partial charge in [0.05, 0.1) is 23.9 Å². The Morgan fingerprint density at radius 1 is 1.35 bits per heavy atom. The molecule has 1 aliphatic rings. The molecule has 1 atom stereocenters. The van der Waals surface area contributed by atoms with Gasteiger partial charge in [-0.3, -0.25) is 4.68 Å². The number of hydrogen-bond donors (Lipinski definition) is 1. The van der Waals surface area contributed by atoms with Gasteiger partial charge in [-0.25, -0.2) is 0 Å². The SMILES string of the molecule is CCc1nn(CC2CCC(C)(C)O2)c(CC)c1CCN. The van der Waals surface area contributed by atoms with Crippen LogP contribution in [0.1, 0.15) is 57.5 Å². The van der Waals surface area contributed by atoms with Crippen molar-refractivity contribution in [2.45, 2.75) is 78.0 Å². The van der Waals surface area contributed by atoms with E-state index in [0.717, 1.165) is 38.6 Å². The molecule has 0 aliphatic carbocycles. The molecule has 2 heterocycles. The molecule has 114 valence electrons. The van der Waals surface area contributed by atoms with E-state index < -0.39 is 0 Å². The Morgan fingerprint density at radius 3 is 2.60 bits per heavy atom. The fraction of sp³-hybridized carbons (Fsp3) is 0.812. The summed E-state index contributed by atoms with van der Waals surface area (Å²) in [5.74, 6) is 0. The lowest BCUT2D eigenvalue weighted by Gasteiger charge is -2.20. The quantitative estimate of drug-likeness (QED) is 0.870. The normalized spacial score (nSPS) is 21.6. The molecule has 1 unspecified atom stereocenters. The molecule has 20 heavy (non-hydrogen) atoms. The summed E-state index contributed by atoms with van der Waals surface area (Å²) >= 11 is 0. The van der Waals surface area contributed by atoms with Crippen LogP contribution in [0.4, 0.5) is 0 Å². The standard InChI is InChI=1S/C16H29N3O/c1-5-14-13(8-10-17)15(6-2)19(18-14)11-12-7-9-16(3,4)20-12/h12H,5-11,17H2,1-4H3. The maximum atomic E-state index is 6.11. The first kappa shape index (κ1) is 15.5. The number of nitrogens with two attached hydrogens (primary N) is 1. The summed E-state index contributed by atoms with van der Waals surface area (Å²) in [7, 11) is 0. The van der Waals surface area contributed by atoms with Gasteiger partial charge in [0.2, 0.25) is 0 Å². The largest absolute Gasteiger partial charge is 0.370 e. The molecule has 1 aromatic rings. The summed E-state index contributed by atoms with van der Waals surface area (Å²) in [5, 5.41) is 4.81. The highest BCUT2D eigenvalue weighted by Gasteiger charge is 2.32. The van der Waals surface area contributed by atoms with Gasteiger partial charge < -0.3 is 10.5 Å². The van der Waals surface area contributed by atoms with E-state index in [9.17, 15) is 0 Å². The van der Waals surface area contributed by atoms with Crippen LogP contribution >= 0.6 is 0 Å². The second-order valence-corrected chi connectivity index (χ2v) is 6.34. The third-order valence-corrected chi connectivity index (χ3v) is 4.24. The van der Waals surface area contributed by atoms with Gasteiger partial charge in [0, 0.05) is 5.69 Å². The molecule has 1 aliphatic heterocycles. The average molecular weight is 279 g/mol. The number of rotatable bonds is 6. The van der Waals surface area contributed by atoms with E-state index in [0.29, 0.717) is 12.6 Å². The van der Waals surface area contributed by atoms with Crippen LogP contribution in [0.2, 0.25) is 0 Å². The molecule has 0 aromatic carbocycles. The van der Waals surface area contributed by atoms with E-state index in [-0.39, 0.29) is 5.60 Å². The Bertz CT molecular complexity index is 451. The van der Waals surface area contributed by atoms with Crippen molar-refractivity contribution in [3.05, 3.63) is 17.0 Å². The van der Waals surface area contributed by atoms with Crippen LogP contribution < -0.4 is 5.73 Å². The highest BCUT2D eigenvalue weighted by molar-refractivity contribution is 5.27. The number of hydrogen-bond acceptors (Lipinski definition) is 3. The molecular weight excluding hydrogens is 250 g/mol. The van der Waals surface area contributed by atoms with Gasteiger partial charge in [-0.15, -0.1) is 0 Å². The number of ether oxygens (including phenoxy) is 1. The fourth-order valence-electron chi connectivity index (χ4n) is 3.25. The van der Waals surface area contributed by atoms with Crippen molar-refractivity contribution in [2.75, 3.05) is 6.54 Å². The number of aromatic nitrogens is 2. The summed E-state index contributed by atoms with van der Waals surface area (Å²) in [4.78, 5) is 0. The van der Waals surface area contributed by atoms with E-state index in [1.54, 1.807) is 0 Å². The highest BCUT2D eigenvalue weighted by Crippen LogP contribution is 2.30. The van der Waals surface area contributed by atoms with Crippen molar-refractivity contribution < 1.29 is 4.74 Å². The van der Waals surface area contributed by atoms with Gasteiger partial charge in [0.15, 0.2) is 0 Å². The summed E-state index contributed by atoms with van der Waals surface area (Å²) in [6.07, 6.45) is 5.49. The van der Waals surface area contributed by atoms with Crippen LogP contribution in [-0.2, 0) is 30.5 Å². The molecule has 2 N–H and O–H groups in total. The fourth-order valence-corrected chi connectivity index (χ4v) is 3.25. The predicted octanol–water partition coefficient (Wildman–Crippen LogP) is 2.47. The van der Waals surface area contributed by atoms with E-state index in [1.165, 1.54) is 17.0 Å². The Hall–Kier alpha value is -0.870. The minimum absolute atomic E-state index is 0.0257. The van der Waals surface area contributed by atoms with Gasteiger partial charge in [0.25, 0.3) is 0 Å². The second kappa shape index (κ2) is 6.27. The van der Waals surface area contributed by atoms with E-state index >= 15 is 0 Å². The molecule has 4 heteroatoms. The van der Waals surface area contributed by atoms with Crippen molar-refractivity contribution in [1.82, 2.24) is 9.78 Å². The first-order valence-corrected chi connectivity index (χ1v) is 7.96. The summed E-state index contributed by atoms with van der Waals surface area (Å²) in [5.41, 5.74) is 9.71. The van der Waals surface area contributed by atoms with Crippen LogP contribution in [0, 0.1) is 0 Å². The Kier molecular flexibility index (Phi) is 4.86. The summed E-state index contributed by atoms with van der Waals surface area (Å²) < 4.78 is 8.29. The third-order valence-electron chi connectivity index (χ3n) is 4.24. The molecule has 0 amide bonds. The minimum Gasteiger partial charge on any atom is -0.370 e. The van der Waals surface area contributed by atoms with Crippen molar-refractivity contribution >= 4 is 0 Å².